The predicted octanol–water partition coefficient (Wildman–Crippen LogP) is 2.02. The summed E-state index contributed by atoms with van der Waals surface area (Å²) in [5.41, 5.74) is 0.980. The summed E-state index contributed by atoms with van der Waals surface area (Å²) in [5.74, 6) is 0.855. The molecule has 0 unspecified atom stereocenters. The molecular weight excluding hydrogens is 361 g/mol. The number of para-hydroxylation sites is 1. The van der Waals surface area contributed by atoms with Crippen LogP contribution in [0.4, 0.5) is 15.9 Å². The van der Waals surface area contributed by atoms with Crippen molar-refractivity contribution in [1.82, 2.24) is 15.3 Å². The maximum absolute atomic E-state index is 14.0. The zero-order chi connectivity index (χ0) is 19.9. The zero-order valence-electron chi connectivity index (χ0n) is 16.3. The molecule has 0 saturated carbocycles. The van der Waals surface area contributed by atoms with Gasteiger partial charge in [0.15, 0.2) is 0 Å². The number of ether oxygens (including phenoxy) is 1. The van der Waals surface area contributed by atoms with Crippen LogP contribution in [0.25, 0.3) is 0 Å². The lowest BCUT2D eigenvalue weighted by atomic mass is 10.2. The maximum atomic E-state index is 14.0. The van der Waals surface area contributed by atoms with Crippen molar-refractivity contribution in [3.63, 3.8) is 0 Å². The Labute approximate surface area is 164 Å². The SMILES string of the molecule is COCCCNC(=O)c1cc(N2CCN(c3ccccc3F)CC2)nc(C)n1. The first-order valence-electron chi connectivity index (χ1n) is 9.45. The average Bonchev–Trinajstić information content (AvgIpc) is 2.71. The molecule has 1 N–H and O–H groups in total. The van der Waals surface area contributed by atoms with Crippen LogP contribution in [0.2, 0.25) is 0 Å². The van der Waals surface area contributed by atoms with Gasteiger partial charge in [-0.25, -0.2) is 14.4 Å². The number of rotatable bonds is 7. The summed E-state index contributed by atoms with van der Waals surface area (Å²) in [6.07, 6.45) is 0.747. The van der Waals surface area contributed by atoms with Gasteiger partial charge in [-0.2, -0.15) is 0 Å². The first-order valence-corrected chi connectivity index (χ1v) is 9.45. The van der Waals surface area contributed by atoms with Gasteiger partial charge in [-0.05, 0) is 25.5 Å². The third kappa shape index (κ3) is 4.95. The highest BCUT2D eigenvalue weighted by molar-refractivity contribution is 5.92. The number of halogens is 1. The van der Waals surface area contributed by atoms with Crippen LogP contribution in [0.1, 0.15) is 22.7 Å². The number of carbonyl (C=O) groups excluding carboxylic acids is 1. The second-order valence-corrected chi connectivity index (χ2v) is 6.69. The molecule has 0 bridgehead atoms. The molecule has 1 aromatic heterocycles. The number of carbonyl (C=O) groups is 1. The van der Waals surface area contributed by atoms with E-state index in [2.05, 4.69) is 20.2 Å². The average molecular weight is 387 g/mol. The van der Waals surface area contributed by atoms with Crippen molar-refractivity contribution >= 4 is 17.4 Å². The van der Waals surface area contributed by atoms with E-state index in [-0.39, 0.29) is 11.7 Å². The van der Waals surface area contributed by atoms with Crippen LogP contribution in [-0.2, 0) is 4.74 Å². The van der Waals surface area contributed by atoms with E-state index in [1.165, 1.54) is 6.07 Å². The smallest absolute Gasteiger partial charge is 0.270 e. The Kier molecular flexibility index (Phi) is 6.76. The number of anilines is 2. The highest BCUT2D eigenvalue weighted by Crippen LogP contribution is 2.22. The Bertz CT molecular complexity index is 809. The predicted molar refractivity (Wildman–Crippen MR) is 106 cm³/mol. The Hall–Kier alpha value is -2.74. The van der Waals surface area contributed by atoms with Crippen molar-refractivity contribution in [2.24, 2.45) is 0 Å². The van der Waals surface area contributed by atoms with E-state index in [9.17, 15) is 9.18 Å². The fraction of sp³-hybridized carbons (Fsp3) is 0.450. The Morgan fingerprint density at radius 3 is 2.61 bits per heavy atom. The van der Waals surface area contributed by atoms with Crippen LogP contribution in [0.3, 0.4) is 0 Å². The van der Waals surface area contributed by atoms with Gasteiger partial charge in [0.2, 0.25) is 0 Å². The summed E-state index contributed by atoms with van der Waals surface area (Å²) in [4.78, 5) is 25.2. The van der Waals surface area contributed by atoms with E-state index in [0.717, 1.165) is 12.2 Å². The molecule has 2 heterocycles. The number of amides is 1. The number of nitrogens with zero attached hydrogens (tertiary/aromatic N) is 4. The molecule has 8 heteroatoms. The van der Waals surface area contributed by atoms with E-state index in [1.54, 1.807) is 32.2 Å². The maximum Gasteiger partial charge on any atom is 0.270 e. The van der Waals surface area contributed by atoms with Gasteiger partial charge in [-0.3, -0.25) is 4.79 Å². The molecule has 0 aliphatic carbocycles. The molecule has 1 saturated heterocycles. The monoisotopic (exact) mass is 387 g/mol. The molecule has 1 aliphatic heterocycles. The lowest BCUT2D eigenvalue weighted by Crippen LogP contribution is -2.47. The first kappa shape index (κ1) is 20.0. The topological polar surface area (TPSA) is 70.6 Å². The number of benzene rings is 1. The summed E-state index contributed by atoms with van der Waals surface area (Å²) < 4.78 is 19.0. The van der Waals surface area contributed by atoms with Crippen molar-refractivity contribution in [3.8, 4) is 0 Å². The Balaban J connectivity index is 1.64. The van der Waals surface area contributed by atoms with Gasteiger partial charge in [0.25, 0.3) is 5.91 Å². The van der Waals surface area contributed by atoms with Crippen LogP contribution >= 0.6 is 0 Å². The molecule has 0 spiro atoms. The Morgan fingerprint density at radius 2 is 1.89 bits per heavy atom. The quantitative estimate of drug-likeness (QED) is 0.733. The molecular formula is C20H26FN5O2. The lowest BCUT2D eigenvalue weighted by Gasteiger charge is -2.36. The van der Waals surface area contributed by atoms with Gasteiger partial charge in [0.1, 0.15) is 23.2 Å². The van der Waals surface area contributed by atoms with E-state index < -0.39 is 0 Å². The third-order valence-corrected chi connectivity index (χ3v) is 4.66. The van der Waals surface area contributed by atoms with Crippen molar-refractivity contribution in [2.45, 2.75) is 13.3 Å². The molecule has 1 fully saturated rings. The van der Waals surface area contributed by atoms with Gasteiger partial charge < -0.3 is 19.9 Å². The van der Waals surface area contributed by atoms with Gasteiger partial charge in [-0.15, -0.1) is 0 Å². The van der Waals surface area contributed by atoms with Crippen LogP contribution in [0.15, 0.2) is 30.3 Å². The van der Waals surface area contributed by atoms with Crippen molar-refractivity contribution in [3.05, 3.63) is 47.7 Å². The third-order valence-electron chi connectivity index (χ3n) is 4.66. The summed E-state index contributed by atoms with van der Waals surface area (Å²) in [6.45, 7) is 5.66. The summed E-state index contributed by atoms with van der Waals surface area (Å²) in [7, 11) is 1.63. The van der Waals surface area contributed by atoms with Crippen LogP contribution in [0, 0.1) is 12.7 Å². The summed E-state index contributed by atoms with van der Waals surface area (Å²) in [5, 5.41) is 2.85. The molecule has 150 valence electrons. The van der Waals surface area contributed by atoms with Crippen LogP contribution in [0.5, 0.6) is 0 Å². The standard InChI is InChI=1S/C20H26FN5O2/c1-15-23-17(20(27)22-8-5-13-28-2)14-19(24-15)26-11-9-25(10-12-26)18-7-4-3-6-16(18)21/h3-4,6-7,14H,5,8-13H2,1-2H3,(H,22,27). The minimum absolute atomic E-state index is 0.207. The second-order valence-electron chi connectivity index (χ2n) is 6.69. The van der Waals surface area contributed by atoms with Crippen molar-refractivity contribution in [2.75, 3.05) is 56.2 Å². The van der Waals surface area contributed by atoms with E-state index in [0.29, 0.717) is 56.5 Å². The number of aryl methyl sites for hydroxylation is 1. The highest BCUT2D eigenvalue weighted by atomic mass is 19.1. The van der Waals surface area contributed by atoms with E-state index in [4.69, 9.17) is 4.74 Å². The molecule has 2 aromatic rings. The van der Waals surface area contributed by atoms with Crippen molar-refractivity contribution in [1.29, 1.82) is 0 Å². The fourth-order valence-corrected chi connectivity index (χ4v) is 3.22. The van der Waals surface area contributed by atoms with Crippen LogP contribution < -0.4 is 15.1 Å². The molecule has 1 aromatic carbocycles. The molecule has 3 rings (SSSR count). The second kappa shape index (κ2) is 9.45. The number of nitrogens with one attached hydrogen (secondary N) is 1. The minimum atomic E-state index is -0.215. The Morgan fingerprint density at radius 1 is 1.18 bits per heavy atom. The normalized spacial score (nSPS) is 14.2. The lowest BCUT2D eigenvalue weighted by molar-refractivity contribution is 0.0943. The summed E-state index contributed by atoms with van der Waals surface area (Å²) in [6, 6.07) is 8.53. The number of aromatic nitrogens is 2. The highest BCUT2D eigenvalue weighted by Gasteiger charge is 2.21. The molecule has 0 atom stereocenters. The number of methoxy groups -OCH3 is 1. The van der Waals surface area contributed by atoms with Gasteiger partial charge in [-0.1, -0.05) is 12.1 Å². The van der Waals surface area contributed by atoms with Gasteiger partial charge in [0, 0.05) is 52.5 Å². The van der Waals surface area contributed by atoms with E-state index >= 15 is 0 Å². The summed E-state index contributed by atoms with van der Waals surface area (Å²) >= 11 is 0. The minimum Gasteiger partial charge on any atom is -0.385 e. The molecule has 28 heavy (non-hydrogen) atoms. The first-order chi connectivity index (χ1) is 13.6. The van der Waals surface area contributed by atoms with Gasteiger partial charge >= 0.3 is 0 Å². The fourth-order valence-electron chi connectivity index (χ4n) is 3.22. The molecule has 1 amide bonds. The molecule has 0 radical (unpaired) electrons. The van der Waals surface area contributed by atoms with Gasteiger partial charge in [0.05, 0.1) is 5.69 Å². The van der Waals surface area contributed by atoms with Crippen LogP contribution in [-0.4, -0.2) is 62.3 Å². The number of hydrogen-bond acceptors (Lipinski definition) is 6. The molecule has 1 aliphatic rings. The number of hydrogen-bond donors (Lipinski definition) is 1. The molecule has 7 nitrogen and oxygen atoms in total. The largest absolute Gasteiger partial charge is 0.385 e. The zero-order valence-corrected chi connectivity index (χ0v) is 16.3. The van der Waals surface area contributed by atoms with E-state index in [1.807, 2.05) is 11.0 Å². The van der Waals surface area contributed by atoms with Crippen molar-refractivity contribution < 1.29 is 13.9 Å². The number of piperazine rings is 1.